The second-order valence-corrected chi connectivity index (χ2v) is 5.97. The van der Waals surface area contributed by atoms with Gasteiger partial charge in [-0.1, -0.05) is 0 Å². The Labute approximate surface area is 94.5 Å². The summed E-state index contributed by atoms with van der Waals surface area (Å²) >= 11 is 0. The van der Waals surface area contributed by atoms with Crippen molar-refractivity contribution in [3.63, 3.8) is 0 Å². The van der Waals surface area contributed by atoms with Crippen molar-refractivity contribution in [2.75, 3.05) is 19.5 Å². The van der Waals surface area contributed by atoms with Gasteiger partial charge >= 0.3 is 0 Å². The summed E-state index contributed by atoms with van der Waals surface area (Å²) in [5, 5.41) is 7.77. The van der Waals surface area contributed by atoms with Gasteiger partial charge in [-0.15, -0.1) is 10.2 Å². The molecular formula is C9H15N3O3S. The van der Waals surface area contributed by atoms with Crippen LogP contribution in [-0.2, 0) is 21.6 Å². The fraction of sp³-hybridized carbons (Fsp3) is 0.778. The lowest BCUT2D eigenvalue weighted by Gasteiger charge is -2.20. The maximum Gasteiger partial charge on any atom is 0.249 e. The van der Waals surface area contributed by atoms with E-state index in [1.807, 2.05) is 0 Å². The van der Waals surface area contributed by atoms with Crippen LogP contribution in [0, 0.1) is 0 Å². The Morgan fingerprint density at radius 2 is 1.94 bits per heavy atom. The molecule has 2 heterocycles. The van der Waals surface area contributed by atoms with Crippen LogP contribution in [0.2, 0.25) is 0 Å². The van der Waals surface area contributed by atoms with E-state index in [0.29, 0.717) is 13.2 Å². The summed E-state index contributed by atoms with van der Waals surface area (Å²) < 4.78 is 29.6. The number of sulfone groups is 1. The molecule has 1 aromatic heterocycles. The zero-order valence-corrected chi connectivity index (χ0v) is 10.2. The second-order valence-electron chi connectivity index (χ2n) is 4.06. The van der Waals surface area contributed by atoms with Crippen molar-refractivity contribution >= 4 is 9.84 Å². The summed E-state index contributed by atoms with van der Waals surface area (Å²) in [6.07, 6.45) is 2.89. The van der Waals surface area contributed by atoms with Gasteiger partial charge in [0, 0.05) is 32.4 Å². The van der Waals surface area contributed by atoms with E-state index in [0.717, 1.165) is 24.9 Å². The van der Waals surface area contributed by atoms with Crippen molar-refractivity contribution in [2.24, 2.45) is 7.05 Å². The van der Waals surface area contributed by atoms with Gasteiger partial charge in [0.05, 0.1) is 0 Å². The number of hydrogen-bond acceptors (Lipinski definition) is 5. The Hall–Kier alpha value is -0.950. The largest absolute Gasteiger partial charge is 0.381 e. The molecule has 0 unspecified atom stereocenters. The molecule has 0 saturated carbocycles. The molecule has 90 valence electrons. The highest BCUT2D eigenvalue weighted by atomic mass is 32.2. The van der Waals surface area contributed by atoms with Gasteiger partial charge in [-0.05, 0) is 12.8 Å². The number of rotatable bonds is 2. The number of hydrogen-bond donors (Lipinski definition) is 0. The molecule has 6 nitrogen and oxygen atoms in total. The van der Waals surface area contributed by atoms with Gasteiger partial charge in [-0.2, -0.15) is 0 Å². The summed E-state index contributed by atoms with van der Waals surface area (Å²) in [4.78, 5) is 0. The molecule has 0 aliphatic carbocycles. The molecule has 0 N–H and O–H groups in total. The van der Waals surface area contributed by atoms with Crippen molar-refractivity contribution in [1.82, 2.24) is 14.8 Å². The Morgan fingerprint density at radius 1 is 1.31 bits per heavy atom. The highest BCUT2D eigenvalue weighted by molar-refractivity contribution is 7.90. The van der Waals surface area contributed by atoms with Gasteiger partial charge in [0.15, 0.2) is 0 Å². The summed E-state index contributed by atoms with van der Waals surface area (Å²) in [5.74, 6) is 0.991. The molecule has 1 aromatic rings. The first-order valence-corrected chi connectivity index (χ1v) is 7.06. The molecule has 1 saturated heterocycles. The van der Waals surface area contributed by atoms with Gasteiger partial charge in [0.1, 0.15) is 5.82 Å². The topological polar surface area (TPSA) is 74.1 Å². The maximum absolute atomic E-state index is 11.4. The molecule has 0 radical (unpaired) electrons. The Balaban J connectivity index is 2.33. The molecule has 16 heavy (non-hydrogen) atoms. The predicted molar refractivity (Wildman–Crippen MR) is 56.9 cm³/mol. The van der Waals surface area contributed by atoms with Gasteiger partial charge in [-0.25, -0.2) is 8.42 Å². The molecule has 0 aromatic carbocycles. The van der Waals surface area contributed by atoms with Crippen LogP contribution in [0.5, 0.6) is 0 Å². The zero-order valence-electron chi connectivity index (χ0n) is 9.38. The van der Waals surface area contributed by atoms with Crippen molar-refractivity contribution < 1.29 is 13.2 Å². The van der Waals surface area contributed by atoms with Crippen LogP contribution in [0.3, 0.4) is 0 Å². The third-order valence-corrected chi connectivity index (χ3v) is 3.81. The van der Waals surface area contributed by atoms with Gasteiger partial charge in [0.2, 0.25) is 15.0 Å². The Kier molecular flexibility index (Phi) is 2.98. The van der Waals surface area contributed by atoms with E-state index in [2.05, 4.69) is 10.2 Å². The van der Waals surface area contributed by atoms with Crippen LogP contribution in [0.1, 0.15) is 24.6 Å². The van der Waals surface area contributed by atoms with Crippen molar-refractivity contribution in [2.45, 2.75) is 23.9 Å². The quantitative estimate of drug-likeness (QED) is 0.739. The lowest BCUT2D eigenvalue weighted by Crippen LogP contribution is -2.18. The smallest absolute Gasteiger partial charge is 0.249 e. The first-order chi connectivity index (χ1) is 7.50. The SMILES string of the molecule is Cn1c(C2CCOCC2)nnc1S(C)(=O)=O. The number of ether oxygens (including phenoxy) is 1. The Bertz CT molecular complexity index is 474. The highest BCUT2D eigenvalue weighted by Crippen LogP contribution is 2.25. The normalized spacial score (nSPS) is 18.9. The van der Waals surface area contributed by atoms with E-state index in [9.17, 15) is 8.42 Å². The van der Waals surface area contributed by atoms with E-state index >= 15 is 0 Å². The predicted octanol–water partition coefficient (Wildman–Crippen LogP) is 0.113. The van der Waals surface area contributed by atoms with Crippen LogP contribution in [0.4, 0.5) is 0 Å². The lowest BCUT2D eigenvalue weighted by atomic mass is 10.00. The van der Waals surface area contributed by atoms with Crippen LogP contribution in [-0.4, -0.2) is 42.7 Å². The van der Waals surface area contributed by atoms with Crippen molar-refractivity contribution in [3.05, 3.63) is 5.82 Å². The first-order valence-electron chi connectivity index (χ1n) is 5.17. The summed E-state index contributed by atoms with van der Waals surface area (Å²) in [7, 11) is -1.60. The van der Waals surface area contributed by atoms with Crippen LogP contribution < -0.4 is 0 Å². The standard InChI is InChI=1S/C9H15N3O3S/c1-12-8(7-3-5-15-6-4-7)10-11-9(12)16(2,13)14/h7H,3-6H2,1-2H3. The van der Waals surface area contributed by atoms with E-state index in [1.165, 1.54) is 0 Å². The molecule has 0 atom stereocenters. The van der Waals surface area contributed by atoms with E-state index in [-0.39, 0.29) is 11.1 Å². The third-order valence-electron chi connectivity index (χ3n) is 2.79. The van der Waals surface area contributed by atoms with E-state index in [4.69, 9.17) is 4.74 Å². The lowest BCUT2D eigenvalue weighted by molar-refractivity contribution is 0.0828. The minimum atomic E-state index is -3.29. The van der Waals surface area contributed by atoms with Crippen molar-refractivity contribution in [1.29, 1.82) is 0 Å². The van der Waals surface area contributed by atoms with Gasteiger partial charge in [0.25, 0.3) is 0 Å². The number of aromatic nitrogens is 3. The maximum atomic E-state index is 11.4. The second kappa shape index (κ2) is 4.14. The van der Waals surface area contributed by atoms with Crippen LogP contribution >= 0.6 is 0 Å². The molecular weight excluding hydrogens is 230 g/mol. The average molecular weight is 245 g/mol. The number of nitrogens with zero attached hydrogens (tertiary/aromatic N) is 3. The summed E-state index contributed by atoms with van der Waals surface area (Å²) in [6, 6.07) is 0. The zero-order chi connectivity index (χ0) is 11.8. The molecule has 0 bridgehead atoms. The minimum absolute atomic E-state index is 0.0361. The van der Waals surface area contributed by atoms with Crippen LogP contribution in [0.25, 0.3) is 0 Å². The first kappa shape index (κ1) is 11.5. The molecule has 7 heteroatoms. The molecule has 1 aliphatic heterocycles. The van der Waals surface area contributed by atoms with E-state index < -0.39 is 9.84 Å². The minimum Gasteiger partial charge on any atom is -0.381 e. The summed E-state index contributed by atoms with van der Waals surface area (Å²) in [5.41, 5.74) is 0. The molecule has 0 amide bonds. The monoisotopic (exact) mass is 245 g/mol. The third kappa shape index (κ3) is 2.10. The van der Waals surface area contributed by atoms with E-state index in [1.54, 1.807) is 11.6 Å². The summed E-state index contributed by atoms with van der Waals surface area (Å²) in [6.45, 7) is 1.40. The van der Waals surface area contributed by atoms with Crippen LogP contribution in [0.15, 0.2) is 5.16 Å². The molecule has 1 fully saturated rings. The van der Waals surface area contributed by atoms with Gasteiger partial charge < -0.3 is 9.30 Å². The molecule has 0 spiro atoms. The Morgan fingerprint density at radius 3 is 2.44 bits per heavy atom. The fourth-order valence-electron chi connectivity index (χ4n) is 1.96. The fourth-order valence-corrected chi connectivity index (χ4v) is 2.74. The molecule has 1 aliphatic rings. The highest BCUT2D eigenvalue weighted by Gasteiger charge is 2.25. The average Bonchev–Trinajstić information content (AvgIpc) is 2.61. The van der Waals surface area contributed by atoms with Crippen molar-refractivity contribution in [3.8, 4) is 0 Å². The van der Waals surface area contributed by atoms with Gasteiger partial charge in [-0.3, -0.25) is 0 Å². The molecule has 2 rings (SSSR count).